The Hall–Kier alpha value is -0.190. The van der Waals surface area contributed by atoms with Crippen molar-refractivity contribution < 1.29 is 4.74 Å². The van der Waals surface area contributed by atoms with Gasteiger partial charge in [0.15, 0.2) is 0 Å². The van der Waals surface area contributed by atoms with Crippen LogP contribution < -0.4 is 10.1 Å². The molecule has 2 nitrogen and oxygen atoms in total. The molecule has 0 amide bonds. The summed E-state index contributed by atoms with van der Waals surface area (Å²) in [6.07, 6.45) is 6.06. The highest BCUT2D eigenvalue weighted by molar-refractivity contribution is 9.10. The van der Waals surface area contributed by atoms with E-state index >= 15 is 0 Å². The molecule has 1 N–H and O–H groups in total. The first-order chi connectivity index (χ1) is 9.19. The Labute approximate surface area is 129 Å². The van der Waals surface area contributed by atoms with Crippen molar-refractivity contribution in [2.75, 3.05) is 25.7 Å². The van der Waals surface area contributed by atoms with E-state index in [1.54, 1.807) is 7.11 Å². The largest absolute Gasteiger partial charge is 0.496 e. The molecule has 0 bridgehead atoms. The Balaban J connectivity index is 2.33. The van der Waals surface area contributed by atoms with Crippen LogP contribution in [0.4, 0.5) is 0 Å². The Bertz CT molecular complexity index is 373. The number of methoxy groups -OCH3 is 1. The fourth-order valence-corrected chi connectivity index (χ4v) is 2.99. The number of hydrogen-bond donors (Lipinski definition) is 1. The Morgan fingerprint density at radius 2 is 2.11 bits per heavy atom. The molecule has 19 heavy (non-hydrogen) atoms. The van der Waals surface area contributed by atoms with E-state index in [1.165, 1.54) is 30.6 Å². The summed E-state index contributed by atoms with van der Waals surface area (Å²) in [6.45, 7) is 3.29. The van der Waals surface area contributed by atoms with E-state index in [9.17, 15) is 0 Å². The third-order valence-corrected chi connectivity index (χ3v) is 4.47. The zero-order chi connectivity index (χ0) is 14.1. The van der Waals surface area contributed by atoms with Crippen LogP contribution in [0.3, 0.4) is 0 Å². The maximum atomic E-state index is 5.25. The van der Waals surface area contributed by atoms with Crippen molar-refractivity contribution in [3.8, 4) is 5.75 Å². The van der Waals surface area contributed by atoms with Crippen molar-refractivity contribution in [3.63, 3.8) is 0 Å². The van der Waals surface area contributed by atoms with Gasteiger partial charge < -0.3 is 10.1 Å². The molecule has 108 valence electrons. The number of ether oxygens (including phenoxy) is 1. The van der Waals surface area contributed by atoms with Crippen LogP contribution in [0.1, 0.15) is 37.8 Å². The lowest BCUT2D eigenvalue weighted by atomic mass is 10.1. The molecule has 1 unspecified atom stereocenters. The quantitative estimate of drug-likeness (QED) is 0.658. The monoisotopic (exact) mass is 345 g/mol. The maximum Gasteiger partial charge on any atom is 0.133 e. The zero-order valence-corrected chi connectivity index (χ0v) is 14.4. The molecule has 0 fully saturated rings. The average molecular weight is 346 g/mol. The highest BCUT2D eigenvalue weighted by Crippen LogP contribution is 2.27. The number of halogens is 1. The van der Waals surface area contributed by atoms with Crippen molar-refractivity contribution in [3.05, 3.63) is 28.2 Å². The smallest absolute Gasteiger partial charge is 0.133 e. The summed E-state index contributed by atoms with van der Waals surface area (Å²) in [6, 6.07) is 6.64. The molecular formula is C15H24BrNOS. The highest BCUT2D eigenvalue weighted by atomic mass is 79.9. The van der Waals surface area contributed by atoms with E-state index in [4.69, 9.17) is 4.74 Å². The molecule has 1 atom stereocenters. The molecule has 4 heteroatoms. The normalized spacial score (nSPS) is 12.4. The number of nitrogens with one attached hydrogen (secondary N) is 1. The Kier molecular flexibility index (Phi) is 8.58. The van der Waals surface area contributed by atoms with Crippen LogP contribution in [0.25, 0.3) is 0 Å². The fraction of sp³-hybridized carbons (Fsp3) is 0.600. The molecule has 0 spiro atoms. The molecule has 0 aliphatic carbocycles. The van der Waals surface area contributed by atoms with E-state index in [-0.39, 0.29) is 0 Å². The van der Waals surface area contributed by atoms with Gasteiger partial charge in [-0.1, -0.05) is 12.5 Å². The van der Waals surface area contributed by atoms with E-state index in [0.717, 1.165) is 16.8 Å². The van der Waals surface area contributed by atoms with Gasteiger partial charge in [-0.3, -0.25) is 0 Å². The summed E-state index contributed by atoms with van der Waals surface area (Å²) in [5, 5.41) is 3.57. The number of hydrogen-bond acceptors (Lipinski definition) is 3. The third kappa shape index (κ3) is 6.19. The van der Waals surface area contributed by atoms with Crippen LogP contribution in [0, 0.1) is 0 Å². The van der Waals surface area contributed by atoms with Gasteiger partial charge in [-0.15, -0.1) is 0 Å². The standard InChI is InChI=1S/C15H24BrNOS/c1-12(17-9-5-4-6-10-19-3)13-7-8-15(18-2)14(16)11-13/h7-8,11-12,17H,4-6,9-10H2,1-3H3. The molecule has 1 aromatic rings. The summed E-state index contributed by atoms with van der Waals surface area (Å²) in [4.78, 5) is 0. The predicted molar refractivity (Wildman–Crippen MR) is 89.3 cm³/mol. The lowest BCUT2D eigenvalue weighted by Gasteiger charge is -2.15. The predicted octanol–water partition coefficient (Wildman–Crippen LogP) is 4.64. The van der Waals surface area contributed by atoms with Crippen molar-refractivity contribution in [1.29, 1.82) is 0 Å². The van der Waals surface area contributed by atoms with E-state index in [0.29, 0.717) is 6.04 Å². The van der Waals surface area contributed by atoms with Gasteiger partial charge in [0.25, 0.3) is 0 Å². The molecule has 0 aliphatic rings. The van der Waals surface area contributed by atoms with Gasteiger partial charge in [-0.2, -0.15) is 11.8 Å². The van der Waals surface area contributed by atoms with Gasteiger partial charge in [0.05, 0.1) is 11.6 Å². The van der Waals surface area contributed by atoms with Crippen LogP contribution in [0.2, 0.25) is 0 Å². The number of rotatable bonds is 9. The van der Waals surface area contributed by atoms with Crippen LogP contribution in [-0.2, 0) is 0 Å². The van der Waals surface area contributed by atoms with Crippen LogP contribution >= 0.6 is 27.7 Å². The zero-order valence-electron chi connectivity index (χ0n) is 12.0. The number of benzene rings is 1. The van der Waals surface area contributed by atoms with Gasteiger partial charge >= 0.3 is 0 Å². The van der Waals surface area contributed by atoms with Crippen molar-refractivity contribution in [2.45, 2.75) is 32.2 Å². The number of thioether (sulfide) groups is 1. The molecule has 1 rings (SSSR count). The summed E-state index contributed by atoms with van der Waals surface area (Å²) in [5.41, 5.74) is 1.29. The topological polar surface area (TPSA) is 21.3 Å². The van der Waals surface area contributed by atoms with Gasteiger partial charge in [0.2, 0.25) is 0 Å². The molecule has 0 heterocycles. The SMILES string of the molecule is COc1ccc(C(C)NCCCCCSC)cc1Br. The minimum Gasteiger partial charge on any atom is -0.496 e. The van der Waals surface area contributed by atoms with Gasteiger partial charge in [0, 0.05) is 6.04 Å². The van der Waals surface area contributed by atoms with Crippen molar-refractivity contribution in [1.82, 2.24) is 5.32 Å². The van der Waals surface area contributed by atoms with Crippen LogP contribution in [-0.4, -0.2) is 25.7 Å². The summed E-state index contributed by atoms with van der Waals surface area (Å²) in [7, 11) is 1.69. The molecule has 0 aliphatic heterocycles. The van der Waals surface area contributed by atoms with E-state index in [2.05, 4.69) is 46.6 Å². The lowest BCUT2D eigenvalue weighted by molar-refractivity contribution is 0.411. The second kappa shape index (κ2) is 9.67. The molecular weight excluding hydrogens is 322 g/mol. The van der Waals surface area contributed by atoms with E-state index in [1.807, 2.05) is 17.8 Å². The molecule has 0 saturated heterocycles. The van der Waals surface area contributed by atoms with Gasteiger partial charge in [-0.25, -0.2) is 0 Å². The van der Waals surface area contributed by atoms with Crippen molar-refractivity contribution >= 4 is 27.7 Å². The summed E-state index contributed by atoms with van der Waals surface area (Å²) < 4.78 is 6.26. The second-order valence-corrected chi connectivity index (χ2v) is 6.46. The average Bonchev–Trinajstić information content (AvgIpc) is 2.42. The Morgan fingerprint density at radius 1 is 1.32 bits per heavy atom. The third-order valence-electron chi connectivity index (χ3n) is 3.15. The lowest BCUT2D eigenvalue weighted by Crippen LogP contribution is -2.19. The molecule has 0 radical (unpaired) electrons. The van der Waals surface area contributed by atoms with Crippen LogP contribution in [0.15, 0.2) is 22.7 Å². The first-order valence-corrected chi connectivity index (χ1v) is 8.93. The second-order valence-electron chi connectivity index (χ2n) is 4.62. The fourth-order valence-electron chi connectivity index (χ4n) is 1.94. The molecule has 1 aromatic carbocycles. The minimum absolute atomic E-state index is 0.378. The summed E-state index contributed by atoms with van der Waals surface area (Å²) >= 11 is 5.46. The first-order valence-electron chi connectivity index (χ1n) is 6.74. The Morgan fingerprint density at radius 3 is 2.74 bits per heavy atom. The molecule has 0 saturated carbocycles. The summed E-state index contributed by atoms with van der Waals surface area (Å²) in [5.74, 6) is 2.16. The minimum atomic E-state index is 0.378. The maximum absolute atomic E-state index is 5.25. The van der Waals surface area contributed by atoms with Crippen molar-refractivity contribution in [2.24, 2.45) is 0 Å². The molecule has 0 aromatic heterocycles. The highest BCUT2D eigenvalue weighted by Gasteiger charge is 2.07. The number of unbranched alkanes of at least 4 members (excludes halogenated alkanes) is 2. The van der Waals surface area contributed by atoms with Gasteiger partial charge in [-0.05, 0) is 71.9 Å². The van der Waals surface area contributed by atoms with Gasteiger partial charge in [0.1, 0.15) is 5.75 Å². The van der Waals surface area contributed by atoms with E-state index < -0.39 is 0 Å². The van der Waals surface area contributed by atoms with Crippen LogP contribution in [0.5, 0.6) is 5.75 Å². The first kappa shape index (κ1) is 16.9.